The Kier molecular flexibility index (Phi) is 2.14. The lowest BCUT2D eigenvalue weighted by Gasteiger charge is -1.98. The monoisotopic (exact) mass is 188 g/mol. The third-order valence-corrected chi connectivity index (χ3v) is 1.98. The third kappa shape index (κ3) is 1.71. The molecule has 3 heteroatoms. The molecule has 0 saturated heterocycles. The molecule has 1 aromatic carbocycles. The van der Waals surface area contributed by atoms with E-state index in [1.54, 1.807) is 0 Å². The van der Waals surface area contributed by atoms with Crippen molar-refractivity contribution in [1.82, 2.24) is 0 Å². The van der Waals surface area contributed by atoms with E-state index >= 15 is 0 Å². The number of cyclic esters (lactones) is 2. The predicted molar refractivity (Wildman–Crippen MR) is 49.3 cm³/mol. The SMILES string of the molecule is O=C1C=C(Cc2ccccc2)C(=O)O1. The van der Waals surface area contributed by atoms with Crippen LogP contribution in [0.3, 0.4) is 0 Å². The van der Waals surface area contributed by atoms with E-state index in [1.165, 1.54) is 6.08 Å². The van der Waals surface area contributed by atoms with Crippen LogP contribution in [0, 0.1) is 0 Å². The quantitative estimate of drug-likeness (QED) is 0.518. The second-order valence-corrected chi connectivity index (χ2v) is 3.04. The van der Waals surface area contributed by atoms with E-state index in [4.69, 9.17) is 0 Å². The summed E-state index contributed by atoms with van der Waals surface area (Å²) in [5, 5.41) is 0. The molecule has 1 aliphatic rings. The van der Waals surface area contributed by atoms with E-state index < -0.39 is 11.9 Å². The summed E-state index contributed by atoms with van der Waals surface area (Å²) < 4.78 is 4.38. The Hall–Kier alpha value is -1.90. The van der Waals surface area contributed by atoms with Crippen LogP contribution in [-0.4, -0.2) is 11.9 Å². The minimum atomic E-state index is -0.569. The number of rotatable bonds is 2. The van der Waals surface area contributed by atoms with E-state index in [9.17, 15) is 9.59 Å². The molecule has 0 N–H and O–H groups in total. The number of hydrogen-bond donors (Lipinski definition) is 0. The van der Waals surface area contributed by atoms with Gasteiger partial charge in [-0.05, 0) is 5.56 Å². The van der Waals surface area contributed by atoms with Crippen molar-refractivity contribution in [3.63, 3.8) is 0 Å². The van der Waals surface area contributed by atoms with Crippen LogP contribution in [0.4, 0.5) is 0 Å². The minimum Gasteiger partial charge on any atom is -0.386 e. The molecule has 0 aromatic heterocycles. The lowest BCUT2D eigenvalue weighted by Crippen LogP contribution is -2.03. The fraction of sp³-hybridized carbons (Fsp3) is 0.0909. The Morgan fingerprint density at radius 3 is 2.36 bits per heavy atom. The molecule has 2 rings (SSSR count). The van der Waals surface area contributed by atoms with Crippen molar-refractivity contribution in [3.8, 4) is 0 Å². The van der Waals surface area contributed by atoms with E-state index in [2.05, 4.69) is 4.74 Å². The minimum absolute atomic E-state index is 0.418. The highest BCUT2D eigenvalue weighted by atomic mass is 16.6. The van der Waals surface area contributed by atoms with Crippen LogP contribution in [0.2, 0.25) is 0 Å². The molecule has 0 amide bonds. The molecule has 0 radical (unpaired) electrons. The fourth-order valence-electron chi connectivity index (χ4n) is 1.33. The van der Waals surface area contributed by atoms with Gasteiger partial charge < -0.3 is 4.74 Å². The molecule has 1 heterocycles. The molecule has 0 bridgehead atoms. The lowest BCUT2D eigenvalue weighted by molar-refractivity contribution is -0.150. The second kappa shape index (κ2) is 3.46. The number of carbonyl (C=O) groups excluding carboxylic acids is 2. The third-order valence-electron chi connectivity index (χ3n) is 1.98. The highest BCUT2D eigenvalue weighted by Crippen LogP contribution is 2.14. The van der Waals surface area contributed by atoms with Crippen molar-refractivity contribution in [2.75, 3.05) is 0 Å². The maximum Gasteiger partial charge on any atom is 0.342 e. The van der Waals surface area contributed by atoms with Gasteiger partial charge in [0, 0.05) is 18.1 Å². The van der Waals surface area contributed by atoms with Crippen LogP contribution < -0.4 is 0 Å². The first-order valence-electron chi connectivity index (χ1n) is 4.26. The van der Waals surface area contributed by atoms with Gasteiger partial charge in [-0.2, -0.15) is 0 Å². The zero-order chi connectivity index (χ0) is 9.97. The largest absolute Gasteiger partial charge is 0.386 e. The predicted octanol–water partition coefficient (Wildman–Crippen LogP) is 1.24. The molecule has 1 aromatic rings. The number of hydrogen-bond acceptors (Lipinski definition) is 3. The number of benzene rings is 1. The molecule has 0 saturated carbocycles. The molecular weight excluding hydrogens is 180 g/mol. The molecule has 0 spiro atoms. The van der Waals surface area contributed by atoms with Gasteiger partial charge in [-0.15, -0.1) is 0 Å². The summed E-state index contributed by atoms with van der Waals surface area (Å²) >= 11 is 0. The van der Waals surface area contributed by atoms with Crippen molar-refractivity contribution in [3.05, 3.63) is 47.5 Å². The zero-order valence-electron chi connectivity index (χ0n) is 7.40. The van der Waals surface area contributed by atoms with Gasteiger partial charge in [0.1, 0.15) is 0 Å². The van der Waals surface area contributed by atoms with E-state index in [0.29, 0.717) is 12.0 Å². The van der Waals surface area contributed by atoms with Crippen LogP contribution in [0.5, 0.6) is 0 Å². The highest BCUT2D eigenvalue weighted by Gasteiger charge is 2.23. The van der Waals surface area contributed by atoms with Crippen LogP contribution in [0.25, 0.3) is 0 Å². The van der Waals surface area contributed by atoms with Crippen molar-refractivity contribution < 1.29 is 14.3 Å². The second-order valence-electron chi connectivity index (χ2n) is 3.04. The smallest absolute Gasteiger partial charge is 0.342 e. The van der Waals surface area contributed by atoms with Gasteiger partial charge in [0.05, 0.1) is 0 Å². The summed E-state index contributed by atoms with van der Waals surface area (Å²) in [5.74, 6) is -1.10. The molecule has 0 aliphatic carbocycles. The fourth-order valence-corrected chi connectivity index (χ4v) is 1.33. The molecule has 14 heavy (non-hydrogen) atoms. The Morgan fingerprint density at radius 1 is 1.07 bits per heavy atom. The van der Waals surface area contributed by atoms with E-state index in [-0.39, 0.29) is 0 Å². The van der Waals surface area contributed by atoms with Crippen LogP contribution in [0.1, 0.15) is 5.56 Å². The van der Waals surface area contributed by atoms with Crippen LogP contribution >= 0.6 is 0 Å². The van der Waals surface area contributed by atoms with E-state index in [0.717, 1.165) is 5.56 Å². The first-order valence-corrected chi connectivity index (χ1v) is 4.26. The topological polar surface area (TPSA) is 43.4 Å². The number of ether oxygens (including phenoxy) is 1. The van der Waals surface area contributed by atoms with Gasteiger partial charge >= 0.3 is 11.9 Å². The molecule has 0 atom stereocenters. The Labute approximate surface area is 81.0 Å². The van der Waals surface area contributed by atoms with Crippen molar-refractivity contribution in [2.24, 2.45) is 0 Å². The van der Waals surface area contributed by atoms with Gasteiger partial charge in [0.25, 0.3) is 0 Å². The van der Waals surface area contributed by atoms with Gasteiger partial charge in [-0.1, -0.05) is 30.3 Å². The highest BCUT2D eigenvalue weighted by molar-refractivity contribution is 6.09. The first kappa shape index (κ1) is 8.69. The Morgan fingerprint density at radius 2 is 1.79 bits per heavy atom. The summed E-state index contributed by atoms with van der Waals surface area (Å²) in [5.41, 5.74) is 1.41. The average Bonchev–Trinajstić information content (AvgIpc) is 2.47. The molecule has 0 unspecified atom stereocenters. The zero-order valence-corrected chi connectivity index (χ0v) is 7.40. The summed E-state index contributed by atoms with van der Waals surface area (Å²) in [6.07, 6.45) is 1.70. The summed E-state index contributed by atoms with van der Waals surface area (Å²) in [4.78, 5) is 21.8. The van der Waals surface area contributed by atoms with E-state index in [1.807, 2.05) is 30.3 Å². The summed E-state index contributed by atoms with van der Waals surface area (Å²) in [6.45, 7) is 0. The Balaban J connectivity index is 2.16. The van der Waals surface area contributed by atoms with Gasteiger partial charge in [-0.3, -0.25) is 0 Å². The molecule has 3 nitrogen and oxygen atoms in total. The van der Waals surface area contributed by atoms with Crippen LogP contribution in [-0.2, 0) is 20.7 Å². The molecular formula is C11H8O3. The Bertz CT molecular complexity index is 404. The summed E-state index contributed by atoms with van der Waals surface area (Å²) in [7, 11) is 0. The van der Waals surface area contributed by atoms with Gasteiger partial charge in [-0.25, -0.2) is 9.59 Å². The maximum absolute atomic E-state index is 11.1. The van der Waals surface area contributed by atoms with Gasteiger partial charge in [0.2, 0.25) is 0 Å². The molecule has 0 fully saturated rings. The standard InChI is InChI=1S/C11H8O3/c12-10-7-9(11(13)14-10)6-8-4-2-1-3-5-8/h1-5,7H,6H2. The number of carbonyl (C=O) groups is 2. The van der Waals surface area contributed by atoms with Gasteiger partial charge in [0.15, 0.2) is 0 Å². The molecule has 70 valence electrons. The van der Waals surface area contributed by atoms with Crippen molar-refractivity contribution in [1.29, 1.82) is 0 Å². The average molecular weight is 188 g/mol. The van der Waals surface area contributed by atoms with Crippen molar-refractivity contribution in [2.45, 2.75) is 6.42 Å². The normalized spacial score (nSPS) is 15.3. The number of esters is 2. The summed E-state index contributed by atoms with van der Waals surface area (Å²) in [6, 6.07) is 9.47. The van der Waals surface area contributed by atoms with Crippen molar-refractivity contribution >= 4 is 11.9 Å². The maximum atomic E-state index is 11.1. The van der Waals surface area contributed by atoms with Crippen LogP contribution in [0.15, 0.2) is 42.0 Å². The molecule has 1 aliphatic heterocycles. The lowest BCUT2D eigenvalue weighted by atomic mass is 10.1. The first-order chi connectivity index (χ1) is 6.75.